The summed E-state index contributed by atoms with van der Waals surface area (Å²) in [4.78, 5) is 10.6. The van der Waals surface area contributed by atoms with Gasteiger partial charge in [-0.05, 0) is 23.8 Å². The number of rotatable bonds is 4. The number of aliphatic hydroxyl groups excluding tert-OH is 1. The van der Waals surface area contributed by atoms with Gasteiger partial charge in [-0.2, -0.15) is 11.8 Å². The summed E-state index contributed by atoms with van der Waals surface area (Å²) in [6.45, 7) is 0. The number of fused-ring (bicyclic) bond motifs is 1. The van der Waals surface area contributed by atoms with E-state index in [1.165, 1.54) is 22.5 Å². The zero-order valence-corrected chi connectivity index (χ0v) is 12.8. The number of hydrogen-bond donors (Lipinski definition) is 1. The molecule has 1 unspecified atom stereocenters. The van der Waals surface area contributed by atoms with Crippen LogP contribution in [0.4, 0.5) is 0 Å². The van der Waals surface area contributed by atoms with Gasteiger partial charge in [0.1, 0.15) is 6.33 Å². The maximum Gasteiger partial charge on any atom is 0.216 e. The highest BCUT2D eigenvalue weighted by molar-refractivity contribution is 7.98. The second kappa shape index (κ2) is 6.11. The highest BCUT2D eigenvalue weighted by atomic mass is 32.2. The minimum Gasteiger partial charge on any atom is -0.481 e. The standard InChI is InChI=1S/C14H16N2O2S2/c1-18-14-6-10(15-8-16-14)5-11(17)13-4-9-7-19-3-2-12(9)20-13/h4,6,8,11,17H,2-3,5,7H2,1H3. The number of thioether (sulfide) groups is 1. The van der Waals surface area contributed by atoms with E-state index in [1.54, 1.807) is 24.5 Å². The summed E-state index contributed by atoms with van der Waals surface area (Å²) >= 11 is 3.69. The topological polar surface area (TPSA) is 55.2 Å². The third-order valence-corrected chi connectivity index (χ3v) is 5.63. The fourth-order valence-corrected chi connectivity index (χ4v) is 4.60. The summed E-state index contributed by atoms with van der Waals surface area (Å²) in [5.41, 5.74) is 2.19. The van der Waals surface area contributed by atoms with Crippen molar-refractivity contribution >= 4 is 23.1 Å². The van der Waals surface area contributed by atoms with Gasteiger partial charge in [-0.3, -0.25) is 0 Å². The highest BCUT2D eigenvalue weighted by Gasteiger charge is 2.18. The summed E-state index contributed by atoms with van der Waals surface area (Å²) in [6, 6.07) is 3.92. The van der Waals surface area contributed by atoms with Crippen LogP contribution in [0.2, 0.25) is 0 Å². The molecule has 1 atom stereocenters. The van der Waals surface area contributed by atoms with Crippen LogP contribution in [0, 0.1) is 0 Å². The van der Waals surface area contributed by atoms with E-state index in [2.05, 4.69) is 16.0 Å². The van der Waals surface area contributed by atoms with Crippen LogP contribution < -0.4 is 4.74 Å². The first kappa shape index (κ1) is 13.9. The second-order valence-corrected chi connectivity index (χ2v) is 6.94. The smallest absolute Gasteiger partial charge is 0.216 e. The van der Waals surface area contributed by atoms with Gasteiger partial charge in [-0.25, -0.2) is 9.97 Å². The molecule has 1 N–H and O–H groups in total. The number of thiophene rings is 1. The van der Waals surface area contributed by atoms with Crippen LogP contribution in [-0.4, -0.2) is 27.9 Å². The fraction of sp³-hybridized carbons (Fsp3) is 0.429. The molecule has 0 saturated carbocycles. The lowest BCUT2D eigenvalue weighted by Crippen LogP contribution is -2.02. The van der Waals surface area contributed by atoms with Crippen LogP contribution in [-0.2, 0) is 18.6 Å². The maximum absolute atomic E-state index is 10.4. The van der Waals surface area contributed by atoms with Crippen molar-refractivity contribution in [2.45, 2.75) is 24.7 Å². The predicted octanol–water partition coefficient (Wildman–Crippen LogP) is 2.61. The lowest BCUT2D eigenvalue weighted by molar-refractivity contribution is 0.181. The molecule has 3 rings (SSSR count). The van der Waals surface area contributed by atoms with Crippen molar-refractivity contribution in [3.8, 4) is 5.88 Å². The molecule has 106 valence electrons. The number of aromatic nitrogens is 2. The van der Waals surface area contributed by atoms with Gasteiger partial charge in [0.15, 0.2) is 0 Å². The fourth-order valence-electron chi connectivity index (χ4n) is 2.23. The van der Waals surface area contributed by atoms with Crippen LogP contribution in [0.3, 0.4) is 0 Å². The van der Waals surface area contributed by atoms with Crippen LogP contribution in [0.5, 0.6) is 5.88 Å². The normalized spacial score (nSPS) is 15.7. The molecule has 2 aromatic heterocycles. The molecule has 6 heteroatoms. The van der Waals surface area contributed by atoms with Gasteiger partial charge >= 0.3 is 0 Å². The molecule has 2 aromatic rings. The predicted molar refractivity (Wildman–Crippen MR) is 81.4 cm³/mol. The molecular weight excluding hydrogens is 292 g/mol. The van der Waals surface area contributed by atoms with E-state index < -0.39 is 6.10 Å². The first-order chi connectivity index (χ1) is 9.76. The first-order valence-corrected chi connectivity index (χ1v) is 8.45. The lowest BCUT2D eigenvalue weighted by atomic mass is 10.1. The van der Waals surface area contributed by atoms with Gasteiger partial charge in [-0.15, -0.1) is 11.3 Å². The van der Waals surface area contributed by atoms with Crippen LogP contribution in [0.15, 0.2) is 18.5 Å². The Morgan fingerprint density at radius 2 is 2.30 bits per heavy atom. The SMILES string of the molecule is COc1cc(CC(O)c2cc3c(s2)CCSC3)ncn1. The van der Waals surface area contributed by atoms with E-state index >= 15 is 0 Å². The van der Waals surface area contributed by atoms with Crippen molar-refractivity contribution in [2.24, 2.45) is 0 Å². The molecule has 3 heterocycles. The Labute approximate surface area is 126 Å². The molecule has 0 saturated heterocycles. The van der Waals surface area contributed by atoms with Gasteiger partial charge in [0, 0.05) is 28.0 Å². The van der Waals surface area contributed by atoms with Crippen molar-refractivity contribution in [2.75, 3.05) is 12.9 Å². The van der Waals surface area contributed by atoms with Crippen molar-refractivity contribution in [1.29, 1.82) is 0 Å². The van der Waals surface area contributed by atoms with E-state index in [0.29, 0.717) is 12.3 Å². The van der Waals surface area contributed by atoms with Crippen molar-refractivity contribution in [3.63, 3.8) is 0 Å². The zero-order chi connectivity index (χ0) is 13.9. The Balaban J connectivity index is 1.75. The first-order valence-electron chi connectivity index (χ1n) is 6.48. The van der Waals surface area contributed by atoms with Gasteiger partial charge in [0.05, 0.1) is 18.9 Å². The van der Waals surface area contributed by atoms with Gasteiger partial charge in [0.25, 0.3) is 0 Å². The summed E-state index contributed by atoms with van der Waals surface area (Å²) < 4.78 is 5.08. The average molecular weight is 308 g/mol. The summed E-state index contributed by atoms with van der Waals surface area (Å²) in [5.74, 6) is 2.79. The Hall–Kier alpha value is -1.11. The van der Waals surface area contributed by atoms with E-state index in [0.717, 1.165) is 22.7 Å². The van der Waals surface area contributed by atoms with E-state index in [4.69, 9.17) is 4.74 Å². The molecule has 1 aliphatic heterocycles. The van der Waals surface area contributed by atoms with Crippen molar-refractivity contribution in [3.05, 3.63) is 39.5 Å². The van der Waals surface area contributed by atoms with Crippen LogP contribution in [0.1, 0.15) is 27.1 Å². The van der Waals surface area contributed by atoms with Crippen LogP contribution in [0.25, 0.3) is 0 Å². The lowest BCUT2D eigenvalue weighted by Gasteiger charge is -2.08. The monoisotopic (exact) mass is 308 g/mol. The Kier molecular flexibility index (Phi) is 4.24. The number of aryl methyl sites for hydroxylation is 1. The zero-order valence-electron chi connectivity index (χ0n) is 11.2. The third kappa shape index (κ3) is 2.97. The number of aliphatic hydroxyl groups is 1. The van der Waals surface area contributed by atoms with Crippen molar-refractivity contribution < 1.29 is 9.84 Å². The molecule has 0 spiro atoms. The largest absolute Gasteiger partial charge is 0.481 e. The number of methoxy groups -OCH3 is 1. The summed E-state index contributed by atoms with van der Waals surface area (Å²) in [6.07, 6.45) is 2.58. The molecule has 1 aliphatic rings. The minimum absolute atomic E-state index is 0.491. The Bertz CT molecular complexity index is 577. The van der Waals surface area contributed by atoms with E-state index in [-0.39, 0.29) is 0 Å². The molecule has 20 heavy (non-hydrogen) atoms. The van der Waals surface area contributed by atoms with E-state index in [1.807, 2.05) is 11.8 Å². The molecule has 0 amide bonds. The number of nitrogens with zero attached hydrogens (tertiary/aromatic N) is 2. The molecule has 0 fully saturated rings. The summed E-state index contributed by atoms with van der Waals surface area (Å²) in [5, 5.41) is 10.4. The van der Waals surface area contributed by atoms with E-state index in [9.17, 15) is 5.11 Å². The molecular formula is C14H16N2O2S2. The molecule has 4 nitrogen and oxygen atoms in total. The minimum atomic E-state index is -0.504. The Morgan fingerprint density at radius 3 is 3.10 bits per heavy atom. The van der Waals surface area contributed by atoms with Gasteiger partial charge in [0.2, 0.25) is 5.88 Å². The Morgan fingerprint density at radius 1 is 1.40 bits per heavy atom. The molecule has 0 radical (unpaired) electrons. The number of ether oxygens (including phenoxy) is 1. The molecule has 0 aliphatic carbocycles. The molecule has 0 bridgehead atoms. The average Bonchev–Trinajstić information content (AvgIpc) is 2.91. The summed E-state index contributed by atoms with van der Waals surface area (Å²) in [7, 11) is 1.58. The number of hydrogen-bond acceptors (Lipinski definition) is 6. The van der Waals surface area contributed by atoms with Gasteiger partial charge < -0.3 is 9.84 Å². The maximum atomic E-state index is 10.4. The van der Waals surface area contributed by atoms with Crippen LogP contribution >= 0.6 is 23.1 Å². The highest BCUT2D eigenvalue weighted by Crippen LogP contribution is 2.35. The molecule has 0 aromatic carbocycles. The second-order valence-electron chi connectivity index (χ2n) is 4.67. The van der Waals surface area contributed by atoms with Crippen molar-refractivity contribution in [1.82, 2.24) is 9.97 Å². The third-order valence-electron chi connectivity index (χ3n) is 3.29. The van der Waals surface area contributed by atoms with Gasteiger partial charge in [-0.1, -0.05) is 0 Å². The quantitative estimate of drug-likeness (QED) is 0.941.